The number of nitrogens with zero attached hydrogens (tertiary/aromatic N) is 3. The van der Waals surface area contributed by atoms with E-state index in [1.54, 1.807) is 33.8 Å². The largest absolute Gasteiger partial charge is 0.353 e. The third kappa shape index (κ3) is 3.61. The molecule has 0 bridgehead atoms. The van der Waals surface area contributed by atoms with E-state index in [4.69, 9.17) is 0 Å². The number of carbonyl (C=O) groups is 3. The summed E-state index contributed by atoms with van der Waals surface area (Å²) in [4.78, 5) is 52.2. The summed E-state index contributed by atoms with van der Waals surface area (Å²) in [6.45, 7) is 6.77. The predicted octanol–water partition coefficient (Wildman–Crippen LogP) is -0.693. The third-order valence-corrected chi connectivity index (χ3v) is 3.75. The molecule has 1 aliphatic heterocycles. The van der Waals surface area contributed by atoms with E-state index in [0.29, 0.717) is 5.69 Å². The van der Waals surface area contributed by atoms with Crippen molar-refractivity contribution in [3.8, 4) is 0 Å². The molecule has 0 spiro atoms. The zero-order chi connectivity index (χ0) is 18.1. The van der Waals surface area contributed by atoms with Crippen molar-refractivity contribution in [2.75, 3.05) is 13.1 Å². The van der Waals surface area contributed by atoms with E-state index >= 15 is 0 Å². The Morgan fingerprint density at radius 3 is 2.50 bits per heavy atom. The zero-order valence-corrected chi connectivity index (χ0v) is 14.2. The van der Waals surface area contributed by atoms with Gasteiger partial charge in [0.15, 0.2) is 0 Å². The molecular weight excluding hydrogens is 314 g/mol. The second-order valence-corrected chi connectivity index (χ2v) is 6.27. The molecule has 130 valence electrons. The monoisotopic (exact) mass is 335 g/mol. The summed E-state index contributed by atoms with van der Waals surface area (Å²) >= 11 is 0. The van der Waals surface area contributed by atoms with Gasteiger partial charge in [-0.25, -0.2) is 9.59 Å². The molecule has 2 heterocycles. The van der Waals surface area contributed by atoms with Crippen LogP contribution in [-0.4, -0.2) is 50.9 Å². The van der Waals surface area contributed by atoms with Gasteiger partial charge in [-0.05, 0) is 33.8 Å². The summed E-state index contributed by atoms with van der Waals surface area (Å²) in [6.07, 6.45) is 0. The first-order valence-electron chi connectivity index (χ1n) is 7.58. The van der Waals surface area contributed by atoms with Crippen LogP contribution in [0.1, 0.15) is 25.2 Å². The third-order valence-electron chi connectivity index (χ3n) is 3.75. The van der Waals surface area contributed by atoms with E-state index in [1.165, 1.54) is 4.57 Å². The van der Waals surface area contributed by atoms with Crippen LogP contribution in [0, 0.1) is 13.8 Å². The molecule has 1 aromatic rings. The molecule has 9 nitrogen and oxygen atoms in total. The molecule has 1 aromatic heterocycles. The maximum Gasteiger partial charge on any atom is 0.348 e. The molecule has 1 aliphatic rings. The van der Waals surface area contributed by atoms with Crippen LogP contribution in [0.2, 0.25) is 0 Å². The maximum atomic E-state index is 12.0. The lowest BCUT2D eigenvalue weighted by atomic mass is 10.1. The second kappa shape index (κ2) is 6.42. The topological polar surface area (TPSA) is 113 Å². The molecule has 0 saturated carbocycles. The first kappa shape index (κ1) is 17.6. The van der Waals surface area contributed by atoms with Gasteiger partial charge in [0.25, 0.3) is 5.91 Å². The highest BCUT2D eigenvalue weighted by molar-refractivity contribution is 6.08. The maximum absolute atomic E-state index is 12.0. The fourth-order valence-corrected chi connectivity index (χ4v) is 2.51. The number of aryl methyl sites for hydroxylation is 2. The fourth-order valence-electron chi connectivity index (χ4n) is 2.51. The van der Waals surface area contributed by atoms with Crippen molar-refractivity contribution in [1.82, 2.24) is 25.1 Å². The number of imide groups is 1. The van der Waals surface area contributed by atoms with Gasteiger partial charge in [-0.2, -0.15) is 4.98 Å². The van der Waals surface area contributed by atoms with Crippen LogP contribution in [0.25, 0.3) is 0 Å². The van der Waals surface area contributed by atoms with Gasteiger partial charge in [0, 0.05) is 24.5 Å². The van der Waals surface area contributed by atoms with Gasteiger partial charge in [-0.3, -0.25) is 19.1 Å². The molecule has 2 rings (SSSR count). The Kier molecular flexibility index (Phi) is 4.72. The molecule has 0 aliphatic carbocycles. The van der Waals surface area contributed by atoms with Crippen LogP contribution >= 0.6 is 0 Å². The average Bonchev–Trinajstić information content (AvgIpc) is 2.64. The average molecular weight is 335 g/mol. The standard InChI is InChI=1S/C15H21N5O4/c1-9-7-10(2)19(13(23)17-9)6-5-16-11(21)8-20-12(22)15(3,4)18-14(20)24/h7H,5-6,8H2,1-4H3,(H,16,21)(H,18,24). The van der Waals surface area contributed by atoms with Crippen molar-refractivity contribution >= 4 is 17.8 Å². The van der Waals surface area contributed by atoms with E-state index in [1.807, 2.05) is 0 Å². The molecule has 1 saturated heterocycles. The van der Waals surface area contributed by atoms with Gasteiger partial charge < -0.3 is 10.6 Å². The van der Waals surface area contributed by atoms with Gasteiger partial charge in [0.2, 0.25) is 5.91 Å². The normalized spacial score (nSPS) is 16.2. The Hall–Kier alpha value is -2.71. The van der Waals surface area contributed by atoms with Crippen LogP contribution in [0.4, 0.5) is 4.79 Å². The van der Waals surface area contributed by atoms with E-state index < -0.39 is 23.4 Å². The minimum absolute atomic E-state index is 0.192. The Balaban J connectivity index is 1.90. The predicted molar refractivity (Wildman–Crippen MR) is 85.3 cm³/mol. The second-order valence-electron chi connectivity index (χ2n) is 6.27. The van der Waals surface area contributed by atoms with Crippen molar-refractivity contribution in [3.05, 3.63) is 27.9 Å². The molecule has 0 unspecified atom stereocenters. The molecular formula is C15H21N5O4. The first-order valence-corrected chi connectivity index (χ1v) is 7.58. The van der Waals surface area contributed by atoms with Crippen LogP contribution in [0.3, 0.4) is 0 Å². The number of rotatable bonds is 5. The minimum Gasteiger partial charge on any atom is -0.353 e. The van der Waals surface area contributed by atoms with Gasteiger partial charge in [-0.15, -0.1) is 0 Å². The number of amides is 4. The Bertz CT molecular complexity index is 753. The van der Waals surface area contributed by atoms with E-state index in [0.717, 1.165) is 10.6 Å². The molecule has 0 radical (unpaired) electrons. The summed E-state index contributed by atoms with van der Waals surface area (Å²) in [5.41, 5.74) is 0.00387. The summed E-state index contributed by atoms with van der Waals surface area (Å²) in [5, 5.41) is 5.10. The van der Waals surface area contributed by atoms with E-state index in [2.05, 4.69) is 15.6 Å². The minimum atomic E-state index is -1.00. The highest BCUT2D eigenvalue weighted by Crippen LogP contribution is 2.15. The number of nitrogens with one attached hydrogen (secondary N) is 2. The van der Waals surface area contributed by atoms with Crippen molar-refractivity contribution in [3.63, 3.8) is 0 Å². The van der Waals surface area contributed by atoms with Crippen LogP contribution < -0.4 is 16.3 Å². The van der Waals surface area contributed by atoms with E-state index in [9.17, 15) is 19.2 Å². The van der Waals surface area contributed by atoms with Gasteiger partial charge >= 0.3 is 11.7 Å². The van der Waals surface area contributed by atoms with Gasteiger partial charge in [0.05, 0.1) is 0 Å². The molecule has 4 amide bonds. The first-order chi connectivity index (χ1) is 11.1. The number of carbonyl (C=O) groups excluding carboxylic acids is 3. The quantitative estimate of drug-likeness (QED) is 0.691. The highest BCUT2D eigenvalue weighted by Gasteiger charge is 2.44. The fraction of sp³-hybridized carbons (Fsp3) is 0.533. The summed E-state index contributed by atoms with van der Waals surface area (Å²) in [6, 6.07) is 1.19. The van der Waals surface area contributed by atoms with Crippen molar-refractivity contribution < 1.29 is 14.4 Å². The molecule has 24 heavy (non-hydrogen) atoms. The number of hydrogen-bond acceptors (Lipinski definition) is 5. The van der Waals surface area contributed by atoms with E-state index in [-0.39, 0.29) is 25.3 Å². The van der Waals surface area contributed by atoms with Crippen molar-refractivity contribution in [1.29, 1.82) is 0 Å². The lowest BCUT2D eigenvalue weighted by Crippen LogP contribution is -2.43. The number of hydrogen-bond donors (Lipinski definition) is 2. The van der Waals surface area contributed by atoms with Crippen LogP contribution in [0.5, 0.6) is 0 Å². The lowest BCUT2D eigenvalue weighted by Gasteiger charge is -2.16. The molecule has 0 aromatic carbocycles. The lowest BCUT2D eigenvalue weighted by molar-refractivity contribution is -0.134. The van der Waals surface area contributed by atoms with Crippen molar-refractivity contribution in [2.45, 2.75) is 39.8 Å². The van der Waals surface area contributed by atoms with Crippen LogP contribution in [0.15, 0.2) is 10.9 Å². The Morgan fingerprint density at radius 1 is 1.29 bits per heavy atom. The zero-order valence-electron chi connectivity index (χ0n) is 14.2. The summed E-state index contributed by atoms with van der Waals surface area (Å²) in [5.74, 6) is -0.917. The Labute approximate surface area is 139 Å². The summed E-state index contributed by atoms with van der Waals surface area (Å²) < 4.78 is 1.45. The Morgan fingerprint density at radius 2 is 1.96 bits per heavy atom. The summed E-state index contributed by atoms with van der Waals surface area (Å²) in [7, 11) is 0. The number of aromatic nitrogens is 2. The SMILES string of the molecule is Cc1cc(C)n(CCNC(=O)CN2C(=O)NC(C)(C)C2=O)c(=O)n1. The van der Waals surface area contributed by atoms with Gasteiger partial charge in [-0.1, -0.05) is 0 Å². The van der Waals surface area contributed by atoms with Gasteiger partial charge in [0.1, 0.15) is 12.1 Å². The molecule has 9 heteroatoms. The molecule has 2 N–H and O–H groups in total. The molecule has 1 fully saturated rings. The van der Waals surface area contributed by atoms with Crippen LogP contribution in [-0.2, 0) is 16.1 Å². The smallest absolute Gasteiger partial charge is 0.348 e. The highest BCUT2D eigenvalue weighted by atomic mass is 16.2. The number of urea groups is 1. The van der Waals surface area contributed by atoms with Crippen molar-refractivity contribution in [2.24, 2.45) is 0 Å². The molecule has 0 atom stereocenters.